The smallest absolute Gasteiger partial charge is 0.240 e. The molecule has 0 amide bonds. The van der Waals surface area contributed by atoms with E-state index in [1.54, 1.807) is 24.3 Å². The Kier molecular flexibility index (Phi) is 3.17. The first kappa shape index (κ1) is 9.13. The fraction of sp³-hybridized carbons (Fsp3) is 0.333. The van der Waals surface area contributed by atoms with Gasteiger partial charge in [0.1, 0.15) is 0 Å². The molecule has 0 fully saturated rings. The minimum absolute atomic E-state index is 0.274. The van der Waals surface area contributed by atoms with Gasteiger partial charge in [0.15, 0.2) is 0 Å². The van der Waals surface area contributed by atoms with Crippen LogP contribution in [0.4, 0.5) is 8.78 Å². The number of nitrogens with two attached hydrogens (primary N) is 1. The molecule has 0 saturated carbocycles. The summed E-state index contributed by atoms with van der Waals surface area (Å²) < 4.78 is 23.8. The van der Waals surface area contributed by atoms with Gasteiger partial charge in [-0.25, -0.2) is 8.78 Å². The molecule has 1 aromatic rings. The Bertz CT molecular complexity index is 223. The van der Waals surface area contributed by atoms with Gasteiger partial charge in [0.05, 0.1) is 0 Å². The monoisotopic (exact) mass is 171 g/mol. The Balaban J connectivity index is 2.59. The molecular formula is C9H11F2N. The van der Waals surface area contributed by atoms with Crippen LogP contribution in [-0.2, 0) is 0 Å². The summed E-state index contributed by atoms with van der Waals surface area (Å²) in [7, 11) is 0. The molecule has 1 nitrogen and oxygen atoms in total. The van der Waals surface area contributed by atoms with E-state index < -0.39 is 12.5 Å². The highest BCUT2D eigenvalue weighted by Gasteiger charge is 2.11. The zero-order valence-electron chi connectivity index (χ0n) is 6.58. The van der Waals surface area contributed by atoms with Crippen LogP contribution >= 0.6 is 0 Å². The van der Waals surface area contributed by atoms with Crippen LogP contribution in [0.2, 0.25) is 0 Å². The van der Waals surface area contributed by atoms with E-state index in [0.717, 1.165) is 5.56 Å². The van der Waals surface area contributed by atoms with Gasteiger partial charge >= 0.3 is 0 Å². The van der Waals surface area contributed by atoms with Crippen molar-refractivity contribution in [1.29, 1.82) is 0 Å². The first-order chi connectivity index (χ1) is 5.70. The van der Waals surface area contributed by atoms with Crippen molar-refractivity contribution in [3.05, 3.63) is 35.9 Å². The fourth-order valence-electron chi connectivity index (χ4n) is 1.03. The average molecular weight is 171 g/mol. The third-order valence-corrected chi connectivity index (χ3v) is 1.66. The highest BCUT2D eigenvalue weighted by molar-refractivity contribution is 5.18. The van der Waals surface area contributed by atoms with Gasteiger partial charge in [-0.2, -0.15) is 0 Å². The Labute approximate surface area is 70.2 Å². The zero-order valence-corrected chi connectivity index (χ0v) is 6.58. The van der Waals surface area contributed by atoms with Gasteiger partial charge in [0, 0.05) is 12.5 Å². The van der Waals surface area contributed by atoms with Gasteiger partial charge < -0.3 is 5.73 Å². The summed E-state index contributed by atoms with van der Waals surface area (Å²) in [5, 5.41) is 0. The maximum absolute atomic E-state index is 11.9. The second-order valence-electron chi connectivity index (χ2n) is 2.64. The summed E-state index contributed by atoms with van der Waals surface area (Å²) >= 11 is 0. The Morgan fingerprint density at radius 3 is 2.25 bits per heavy atom. The van der Waals surface area contributed by atoms with Crippen LogP contribution in [-0.4, -0.2) is 6.43 Å². The molecule has 0 aliphatic heterocycles. The Morgan fingerprint density at radius 2 is 1.75 bits per heavy atom. The van der Waals surface area contributed by atoms with E-state index in [4.69, 9.17) is 5.73 Å². The first-order valence-electron chi connectivity index (χ1n) is 3.79. The van der Waals surface area contributed by atoms with E-state index >= 15 is 0 Å². The first-order valence-corrected chi connectivity index (χ1v) is 3.79. The van der Waals surface area contributed by atoms with Crippen LogP contribution in [0.1, 0.15) is 18.0 Å². The maximum Gasteiger partial charge on any atom is 0.240 e. The molecule has 0 aliphatic carbocycles. The predicted octanol–water partition coefficient (Wildman–Crippen LogP) is 2.34. The number of halogens is 2. The van der Waals surface area contributed by atoms with Crippen molar-refractivity contribution >= 4 is 0 Å². The molecule has 1 aromatic carbocycles. The lowest BCUT2D eigenvalue weighted by Crippen LogP contribution is -2.13. The van der Waals surface area contributed by atoms with E-state index in [2.05, 4.69) is 0 Å². The molecule has 1 rings (SSSR count). The number of hydrogen-bond acceptors (Lipinski definition) is 1. The summed E-state index contributed by atoms with van der Waals surface area (Å²) in [6, 6.07) is 8.38. The molecule has 0 spiro atoms. The van der Waals surface area contributed by atoms with Crippen LogP contribution in [0.3, 0.4) is 0 Å². The van der Waals surface area contributed by atoms with Crippen LogP contribution in [0.15, 0.2) is 30.3 Å². The minimum Gasteiger partial charge on any atom is -0.324 e. The van der Waals surface area contributed by atoms with Crippen molar-refractivity contribution in [3.63, 3.8) is 0 Å². The van der Waals surface area contributed by atoms with Gasteiger partial charge in [0.25, 0.3) is 0 Å². The molecule has 0 bridgehead atoms. The van der Waals surface area contributed by atoms with Crippen molar-refractivity contribution < 1.29 is 8.78 Å². The van der Waals surface area contributed by atoms with E-state index in [-0.39, 0.29) is 6.42 Å². The van der Waals surface area contributed by atoms with E-state index in [0.29, 0.717) is 0 Å². The van der Waals surface area contributed by atoms with E-state index in [1.165, 1.54) is 0 Å². The molecule has 2 N–H and O–H groups in total. The second-order valence-corrected chi connectivity index (χ2v) is 2.64. The molecule has 0 radical (unpaired) electrons. The van der Waals surface area contributed by atoms with Crippen LogP contribution < -0.4 is 5.73 Å². The quantitative estimate of drug-likeness (QED) is 0.742. The number of benzene rings is 1. The summed E-state index contributed by atoms with van der Waals surface area (Å²) in [6.07, 6.45) is -2.61. The van der Waals surface area contributed by atoms with Gasteiger partial charge in [-0.3, -0.25) is 0 Å². The highest BCUT2D eigenvalue weighted by Crippen LogP contribution is 2.16. The van der Waals surface area contributed by atoms with Gasteiger partial charge in [-0.1, -0.05) is 30.3 Å². The van der Waals surface area contributed by atoms with Crippen molar-refractivity contribution in [2.45, 2.75) is 18.9 Å². The number of alkyl halides is 2. The molecule has 0 aliphatic rings. The maximum atomic E-state index is 11.9. The van der Waals surface area contributed by atoms with Crippen LogP contribution in [0.25, 0.3) is 0 Å². The van der Waals surface area contributed by atoms with Gasteiger partial charge in [0.2, 0.25) is 6.43 Å². The predicted molar refractivity (Wildman–Crippen MR) is 44.0 cm³/mol. The molecule has 1 atom stereocenters. The Morgan fingerprint density at radius 1 is 1.17 bits per heavy atom. The molecule has 0 heterocycles. The summed E-state index contributed by atoms with van der Waals surface area (Å²) in [5.74, 6) is 0. The third kappa shape index (κ3) is 2.58. The molecule has 3 heteroatoms. The third-order valence-electron chi connectivity index (χ3n) is 1.66. The normalized spacial score (nSPS) is 13.3. The highest BCUT2D eigenvalue weighted by atomic mass is 19.3. The van der Waals surface area contributed by atoms with E-state index in [9.17, 15) is 8.78 Å². The van der Waals surface area contributed by atoms with Crippen molar-refractivity contribution in [2.75, 3.05) is 0 Å². The standard InChI is InChI=1S/C9H11F2N/c10-9(11)6-8(12)7-4-2-1-3-5-7/h1-5,8-9H,6,12H2. The average Bonchev–Trinajstić information content (AvgIpc) is 2.05. The topological polar surface area (TPSA) is 26.0 Å². The Hall–Kier alpha value is -0.960. The number of hydrogen-bond donors (Lipinski definition) is 1. The summed E-state index contributed by atoms with van der Waals surface area (Å²) in [5.41, 5.74) is 6.28. The molecular weight excluding hydrogens is 160 g/mol. The number of rotatable bonds is 3. The minimum atomic E-state index is -2.33. The second kappa shape index (κ2) is 4.16. The summed E-state index contributed by atoms with van der Waals surface area (Å²) in [4.78, 5) is 0. The van der Waals surface area contributed by atoms with Crippen molar-refractivity contribution in [2.24, 2.45) is 5.73 Å². The lowest BCUT2D eigenvalue weighted by atomic mass is 10.1. The van der Waals surface area contributed by atoms with E-state index in [1.807, 2.05) is 6.07 Å². The molecule has 0 aromatic heterocycles. The largest absolute Gasteiger partial charge is 0.324 e. The summed E-state index contributed by atoms with van der Waals surface area (Å²) in [6.45, 7) is 0. The molecule has 1 unspecified atom stereocenters. The zero-order chi connectivity index (χ0) is 8.97. The SMILES string of the molecule is NC(CC(F)F)c1ccccc1. The van der Waals surface area contributed by atoms with Crippen molar-refractivity contribution in [3.8, 4) is 0 Å². The lowest BCUT2D eigenvalue weighted by molar-refractivity contribution is 0.128. The fourth-order valence-corrected chi connectivity index (χ4v) is 1.03. The van der Waals surface area contributed by atoms with Gasteiger partial charge in [-0.15, -0.1) is 0 Å². The lowest BCUT2D eigenvalue weighted by Gasteiger charge is -2.10. The molecule has 12 heavy (non-hydrogen) atoms. The van der Waals surface area contributed by atoms with Crippen LogP contribution in [0.5, 0.6) is 0 Å². The van der Waals surface area contributed by atoms with Crippen LogP contribution in [0, 0.1) is 0 Å². The molecule has 0 saturated heterocycles. The van der Waals surface area contributed by atoms with Crippen molar-refractivity contribution in [1.82, 2.24) is 0 Å². The molecule has 66 valence electrons. The van der Waals surface area contributed by atoms with Gasteiger partial charge in [-0.05, 0) is 5.56 Å².